The highest BCUT2D eigenvalue weighted by molar-refractivity contribution is 9.10. The summed E-state index contributed by atoms with van der Waals surface area (Å²) in [7, 11) is 0. The standard InChI is InChI=1S/C17H11BrCl2N4O3/c18-11-4-2-1-3-9(11)16(26)21-7-13(25)23-24-15-10-5-8(19)6-12(20)14(10)22-17(15)27/h1-6,22,27H,7H2,(H,21,26). The van der Waals surface area contributed by atoms with Crippen LogP contribution in [0.3, 0.4) is 0 Å². The van der Waals surface area contributed by atoms with Gasteiger partial charge >= 0.3 is 0 Å². The summed E-state index contributed by atoms with van der Waals surface area (Å²) >= 11 is 15.3. The van der Waals surface area contributed by atoms with Crippen LogP contribution < -0.4 is 5.32 Å². The van der Waals surface area contributed by atoms with Gasteiger partial charge in [0.2, 0.25) is 5.88 Å². The SMILES string of the molecule is O=C(CNC(=O)c1ccccc1Br)N=Nc1c(O)[nH]c2c(Cl)cc(Cl)cc12. The average molecular weight is 470 g/mol. The number of amides is 2. The van der Waals surface area contributed by atoms with Crippen LogP contribution in [0.1, 0.15) is 10.4 Å². The highest BCUT2D eigenvalue weighted by Gasteiger charge is 2.15. The van der Waals surface area contributed by atoms with Crippen molar-refractivity contribution in [1.82, 2.24) is 10.3 Å². The Bertz CT molecular complexity index is 1080. The van der Waals surface area contributed by atoms with E-state index in [9.17, 15) is 14.7 Å². The minimum atomic E-state index is -0.697. The van der Waals surface area contributed by atoms with Gasteiger partial charge in [-0.2, -0.15) is 0 Å². The Hall–Kier alpha value is -2.42. The molecule has 2 amide bonds. The summed E-state index contributed by atoms with van der Waals surface area (Å²) in [5, 5.41) is 20.7. The van der Waals surface area contributed by atoms with Crippen molar-refractivity contribution < 1.29 is 14.7 Å². The van der Waals surface area contributed by atoms with Gasteiger partial charge < -0.3 is 15.4 Å². The number of nitrogens with zero attached hydrogens (tertiary/aromatic N) is 2. The molecule has 3 aromatic rings. The van der Waals surface area contributed by atoms with Gasteiger partial charge in [-0.15, -0.1) is 10.2 Å². The van der Waals surface area contributed by atoms with Crippen LogP contribution >= 0.6 is 39.1 Å². The van der Waals surface area contributed by atoms with Crippen LogP contribution in [0, 0.1) is 0 Å². The predicted molar refractivity (Wildman–Crippen MR) is 106 cm³/mol. The summed E-state index contributed by atoms with van der Waals surface area (Å²) in [6.07, 6.45) is 0. The summed E-state index contributed by atoms with van der Waals surface area (Å²) in [5.41, 5.74) is 0.836. The second-order valence-corrected chi connectivity index (χ2v) is 7.09. The second-order valence-electron chi connectivity index (χ2n) is 5.39. The molecule has 0 unspecified atom stereocenters. The van der Waals surface area contributed by atoms with Crippen LogP contribution in [-0.4, -0.2) is 28.4 Å². The third kappa shape index (κ3) is 4.29. The maximum Gasteiger partial charge on any atom is 0.283 e. The molecule has 0 fully saturated rings. The number of benzene rings is 2. The molecule has 3 N–H and O–H groups in total. The number of aromatic nitrogens is 1. The van der Waals surface area contributed by atoms with Crippen LogP contribution in [0.15, 0.2) is 51.1 Å². The van der Waals surface area contributed by atoms with Crippen molar-refractivity contribution >= 4 is 67.5 Å². The largest absolute Gasteiger partial charge is 0.493 e. The molecule has 0 radical (unpaired) electrons. The van der Waals surface area contributed by atoms with Gasteiger partial charge in [-0.25, -0.2) is 0 Å². The second kappa shape index (κ2) is 8.08. The molecule has 3 rings (SSSR count). The van der Waals surface area contributed by atoms with E-state index in [-0.39, 0.29) is 18.1 Å². The molecule has 0 atom stereocenters. The van der Waals surface area contributed by atoms with Crippen molar-refractivity contribution in [3.8, 4) is 5.88 Å². The first-order valence-electron chi connectivity index (χ1n) is 7.54. The third-order valence-corrected chi connectivity index (χ3v) is 4.77. The number of azo groups is 1. The molecule has 2 aromatic carbocycles. The number of carbonyl (C=O) groups is 2. The topological polar surface area (TPSA) is 107 Å². The molecule has 0 saturated heterocycles. The first kappa shape index (κ1) is 19.3. The number of aromatic amines is 1. The first-order valence-corrected chi connectivity index (χ1v) is 9.08. The fourth-order valence-electron chi connectivity index (χ4n) is 2.33. The van der Waals surface area contributed by atoms with Gasteiger partial charge in [0.25, 0.3) is 11.8 Å². The summed E-state index contributed by atoms with van der Waals surface area (Å²) in [6.45, 7) is -0.353. The molecule has 27 heavy (non-hydrogen) atoms. The minimum absolute atomic E-state index is 0.0277. The maximum atomic E-state index is 12.1. The molecule has 1 aromatic heterocycles. The van der Waals surface area contributed by atoms with E-state index >= 15 is 0 Å². The molecule has 138 valence electrons. The number of nitrogens with one attached hydrogen (secondary N) is 2. The number of H-pyrrole nitrogens is 1. The van der Waals surface area contributed by atoms with Crippen molar-refractivity contribution in [3.05, 3.63) is 56.5 Å². The molecule has 0 spiro atoms. The van der Waals surface area contributed by atoms with Gasteiger partial charge in [0, 0.05) is 14.9 Å². The molecule has 0 aliphatic rings. The first-order chi connectivity index (χ1) is 12.9. The summed E-state index contributed by atoms with van der Waals surface area (Å²) in [4.78, 5) is 26.6. The normalized spacial score (nSPS) is 11.2. The summed E-state index contributed by atoms with van der Waals surface area (Å²) in [5.74, 6) is -1.43. The fourth-order valence-corrected chi connectivity index (χ4v) is 3.34. The number of hydrogen-bond donors (Lipinski definition) is 3. The van der Waals surface area contributed by atoms with E-state index in [0.29, 0.717) is 31.0 Å². The average Bonchev–Trinajstić information content (AvgIpc) is 2.94. The number of rotatable bonds is 4. The minimum Gasteiger partial charge on any atom is -0.493 e. The Balaban J connectivity index is 1.72. The Labute approximate surface area is 171 Å². The smallest absolute Gasteiger partial charge is 0.283 e. The molecule has 1 heterocycles. The number of halogens is 3. The number of fused-ring (bicyclic) bond motifs is 1. The van der Waals surface area contributed by atoms with E-state index in [0.717, 1.165) is 0 Å². The molecule has 0 aliphatic carbocycles. The molecule has 7 nitrogen and oxygen atoms in total. The Morgan fingerprint density at radius 3 is 2.70 bits per heavy atom. The van der Waals surface area contributed by atoms with Gasteiger partial charge in [0.05, 0.1) is 16.1 Å². The summed E-state index contributed by atoms with van der Waals surface area (Å²) in [6, 6.07) is 9.84. The van der Waals surface area contributed by atoms with Crippen LogP contribution in [0.4, 0.5) is 5.69 Å². The van der Waals surface area contributed by atoms with Crippen molar-refractivity contribution in [1.29, 1.82) is 0 Å². The zero-order valence-electron chi connectivity index (χ0n) is 13.5. The van der Waals surface area contributed by atoms with E-state index < -0.39 is 11.8 Å². The van der Waals surface area contributed by atoms with Crippen molar-refractivity contribution in [2.45, 2.75) is 0 Å². The molecule has 0 aliphatic heterocycles. The maximum absolute atomic E-state index is 12.1. The van der Waals surface area contributed by atoms with Crippen LogP contribution in [0.25, 0.3) is 10.9 Å². The quantitative estimate of drug-likeness (QED) is 0.468. The van der Waals surface area contributed by atoms with Crippen molar-refractivity contribution in [2.24, 2.45) is 10.2 Å². The molecule has 0 saturated carbocycles. The van der Waals surface area contributed by atoms with E-state index in [1.54, 1.807) is 24.3 Å². The molecular weight excluding hydrogens is 459 g/mol. The number of hydrogen-bond acceptors (Lipinski definition) is 4. The zero-order valence-corrected chi connectivity index (χ0v) is 16.6. The summed E-state index contributed by atoms with van der Waals surface area (Å²) < 4.78 is 0.606. The van der Waals surface area contributed by atoms with Crippen LogP contribution in [0.2, 0.25) is 10.0 Å². The van der Waals surface area contributed by atoms with Gasteiger partial charge in [-0.05, 0) is 40.2 Å². The number of aromatic hydroxyl groups is 1. The monoisotopic (exact) mass is 468 g/mol. The Kier molecular flexibility index (Phi) is 5.79. The van der Waals surface area contributed by atoms with E-state index in [1.807, 2.05) is 0 Å². The molecular formula is C17H11BrCl2N4O3. The van der Waals surface area contributed by atoms with Gasteiger partial charge in [-0.1, -0.05) is 35.3 Å². The molecule has 10 heteroatoms. The lowest BCUT2D eigenvalue weighted by Crippen LogP contribution is -2.28. The highest BCUT2D eigenvalue weighted by atomic mass is 79.9. The van der Waals surface area contributed by atoms with Crippen molar-refractivity contribution in [2.75, 3.05) is 6.54 Å². The predicted octanol–water partition coefficient (Wildman–Crippen LogP) is 4.98. The van der Waals surface area contributed by atoms with E-state index in [2.05, 4.69) is 36.5 Å². The lowest BCUT2D eigenvalue weighted by Gasteiger charge is -2.04. The van der Waals surface area contributed by atoms with Gasteiger partial charge in [0.1, 0.15) is 6.54 Å². The van der Waals surface area contributed by atoms with Crippen LogP contribution in [-0.2, 0) is 4.79 Å². The fraction of sp³-hybridized carbons (Fsp3) is 0.0588. The Morgan fingerprint density at radius 2 is 1.96 bits per heavy atom. The van der Waals surface area contributed by atoms with E-state index in [4.69, 9.17) is 23.2 Å². The van der Waals surface area contributed by atoms with Crippen LogP contribution in [0.5, 0.6) is 5.88 Å². The zero-order chi connectivity index (χ0) is 19.6. The molecule has 0 bridgehead atoms. The highest BCUT2D eigenvalue weighted by Crippen LogP contribution is 2.40. The third-order valence-electron chi connectivity index (χ3n) is 3.56. The lowest BCUT2D eigenvalue weighted by atomic mass is 10.2. The number of carbonyl (C=O) groups excluding carboxylic acids is 2. The van der Waals surface area contributed by atoms with Gasteiger partial charge in [-0.3, -0.25) is 9.59 Å². The van der Waals surface area contributed by atoms with E-state index in [1.165, 1.54) is 12.1 Å². The lowest BCUT2D eigenvalue weighted by molar-refractivity contribution is -0.117. The van der Waals surface area contributed by atoms with Crippen molar-refractivity contribution in [3.63, 3.8) is 0 Å². The Morgan fingerprint density at radius 1 is 1.22 bits per heavy atom. The van der Waals surface area contributed by atoms with Gasteiger partial charge in [0.15, 0.2) is 5.69 Å².